The number of rotatable bonds is 4. The van der Waals surface area contributed by atoms with Crippen LogP contribution in [0.15, 0.2) is 18.2 Å². The molecule has 0 saturated heterocycles. The number of nitrogens with one attached hydrogen (secondary N) is 1. The fraction of sp³-hybridized carbons (Fsp3) is 0.308. The molecule has 0 atom stereocenters. The summed E-state index contributed by atoms with van der Waals surface area (Å²) in [5, 5.41) is 3.79. The molecule has 4 nitrogen and oxygen atoms in total. The largest absolute Gasteiger partial charge is 0.397 e. The van der Waals surface area contributed by atoms with E-state index in [4.69, 9.17) is 11.5 Å². The molecule has 0 bridgehead atoms. The number of fused-ring (bicyclic) bond motifs is 1. The number of hydrogen-bond acceptors (Lipinski definition) is 4. The Labute approximate surface area is 110 Å². The summed E-state index contributed by atoms with van der Waals surface area (Å²) in [6, 6.07) is 5.93. The maximum absolute atomic E-state index is 12.0. The normalized spacial score (nSPS) is 10.8. The molecule has 0 radical (unpaired) electrons. The number of amides is 1. The predicted molar refractivity (Wildman–Crippen MR) is 77.0 cm³/mol. The second kappa shape index (κ2) is 5.37. The van der Waals surface area contributed by atoms with Crippen molar-refractivity contribution in [1.29, 1.82) is 0 Å². The fourth-order valence-corrected chi connectivity index (χ4v) is 2.94. The minimum absolute atomic E-state index is 0.110. The first-order valence-corrected chi connectivity index (χ1v) is 6.72. The third-order valence-corrected chi connectivity index (χ3v) is 4.18. The van der Waals surface area contributed by atoms with Crippen LogP contribution in [-0.4, -0.2) is 19.0 Å². The molecule has 0 saturated carbocycles. The minimum atomic E-state index is -0.110. The molecule has 1 aromatic heterocycles. The van der Waals surface area contributed by atoms with Gasteiger partial charge in [-0.25, -0.2) is 0 Å². The zero-order valence-corrected chi connectivity index (χ0v) is 11.1. The van der Waals surface area contributed by atoms with Gasteiger partial charge in [-0.3, -0.25) is 4.79 Å². The number of anilines is 1. The van der Waals surface area contributed by atoms with Gasteiger partial charge in [0.2, 0.25) is 0 Å². The van der Waals surface area contributed by atoms with Crippen molar-refractivity contribution < 1.29 is 4.79 Å². The molecule has 5 N–H and O–H groups in total. The Bertz CT molecular complexity index is 577. The number of carbonyl (C=O) groups excluding carboxylic acids is 1. The standard InChI is InChI=1S/C13H17N3OS/c1-8-4-2-5-9-10(15)12(18-11(8)9)13(17)16-7-3-6-14/h2,4-5H,3,6-7,14-15H2,1H3,(H,16,17). The van der Waals surface area contributed by atoms with Gasteiger partial charge >= 0.3 is 0 Å². The molecule has 0 spiro atoms. The number of carbonyl (C=O) groups is 1. The van der Waals surface area contributed by atoms with Crippen molar-refractivity contribution in [2.24, 2.45) is 5.73 Å². The first kappa shape index (κ1) is 12.9. The van der Waals surface area contributed by atoms with Gasteiger partial charge in [0, 0.05) is 16.6 Å². The van der Waals surface area contributed by atoms with Gasteiger partial charge in [0.1, 0.15) is 4.88 Å². The van der Waals surface area contributed by atoms with Gasteiger partial charge in [0.15, 0.2) is 0 Å². The average Bonchev–Trinajstić information content (AvgIpc) is 2.69. The number of hydrogen-bond donors (Lipinski definition) is 3. The van der Waals surface area contributed by atoms with Crippen LogP contribution in [0.3, 0.4) is 0 Å². The van der Waals surface area contributed by atoms with E-state index in [0.717, 1.165) is 22.1 Å². The molecule has 0 aliphatic carbocycles. The zero-order valence-electron chi connectivity index (χ0n) is 10.3. The molecule has 1 aromatic carbocycles. The number of thiophene rings is 1. The van der Waals surface area contributed by atoms with Crippen molar-refractivity contribution >= 4 is 33.0 Å². The van der Waals surface area contributed by atoms with Crippen molar-refractivity contribution in [2.45, 2.75) is 13.3 Å². The van der Waals surface area contributed by atoms with Gasteiger partial charge in [-0.05, 0) is 25.5 Å². The molecule has 18 heavy (non-hydrogen) atoms. The minimum Gasteiger partial charge on any atom is -0.397 e. The monoisotopic (exact) mass is 263 g/mol. The van der Waals surface area contributed by atoms with Crippen LogP contribution in [-0.2, 0) is 0 Å². The Kier molecular flexibility index (Phi) is 3.84. The van der Waals surface area contributed by atoms with Gasteiger partial charge in [0.25, 0.3) is 5.91 Å². The molecule has 0 aliphatic heterocycles. The van der Waals surface area contributed by atoms with Crippen LogP contribution in [0.5, 0.6) is 0 Å². The first-order valence-electron chi connectivity index (χ1n) is 5.91. The summed E-state index contributed by atoms with van der Waals surface area (Å²) in [7, 11) is 0. The Morgan fingerprint density at radius 2 is 2.22 bits per heavy atom. The lowest BCUT2D eigenvalue weighted by Gasteiger charge is -2.02. The van der Waals surface area contributed by atoms with Crippen molar-refractivity contribution in [3.8, 4) is 0 Å². The second-order valence-electron chi connectivity index (χ2n) is 4.19. The summed E-state index contributed by atoms with van der Waals surface area (Å²) < 4.78 is 1.08. The van der Waals surface area contributed by atoms with E-state index in [1.807, 2.05) is 25.1 Å². The number of aryl methyl sites for hydroxylation is 1. The molecule has 1 heterocycles. The van der Waals surface area contributed by atoms with Gasteiger partial charge < -0.3 is 16.8 Å². The van der Waals surface area contributed by atoms with Gasteiger partial charge in [-0.15, -0.1) is 11.3 Å². The average molecular weight is 263 g/mol. The Morgan fingerprint density at radius 1 is 1.44 bits per heavy atom. The van der Waals surface area contributed by atoms with Crippen LogP contribution in [0.2, 0.25) is 0 Å². The molecule has 2 aromatic rings. The van der Waals surface area contributed by atoms with E-state index in [1.54, 1.807) is 0 Å². The lowest BCUT2D eigenvalue weighted by Crippen LogP contribution is -2.25. The summed E-state index contributed by atoms with van der Waals surface area (Å²) in [6.45, 7) is 3.18. The van der Waals surface area contributed by atoms with E-state index < -0.39 is 0 Å². The van der Waals surface area contributed by atoms with E-state index >= 15 is 0 Å². The van der Waals surface area contributed by atoms with Gasteiger partial charge in [-0.2, -0.15) is 0 Å². The SMILES string of the molecule is Cc1cccc2c(N)c(C(=O)NCCCN)sc12. The Morgan fingerprint density at radius 3 is 2.89 bits per heavy atom. The summed E-state index contributed by atoms with van der Waals surface area (Å²) in [5.41, 5.74) is 13.1. The van der Waals surface area contributed by atoms with E-state index in [1.165, 1.54) is 11.3 Å². The van der Waals surface area contributed by atoms with Crippen LogP contribution < -0.4 is 16.8 Å². The van der Waals surface area contributed by atoms with Crippen LogP contribution in [0.1, 0.15) is 21.7 Å². The number of benzene rings is 1. The van der Waals surface area contributed by atoms with E-state index in [2.05, 4.69) is 5.32 Å². The smallest absolute Gasteiger partial charge is 0.263 e. The first-order chi connectivity index (χ1) is 8.65. The maximum atomic E-state index is 12.0. The molecular formula is C13H17N3OS. The van der Waals surface area contributed by atoms with Crippen molar-refractivity contribution in [1.82, 2.24) is 5.32 Å². The zero-order chi connectivity index (χ0) is 13.1. The van der Waals surface area contributed by atoms with Crippen molar-refractivity contribution in [3.63, 3.8) is 0 Å². The Hall–Kier alpha value is -1.59. The van der Waals surface area contributed by atoms with Gasteiger partial charge in [0.05, 0.1) is 5.69 Å². The highest BCUT2D eigenvalue weighted by Crippen LogP contribution is 2.35. The van der Waals surface area contributed by atoms with Crippen LogP contribution in [0.4, 0.5) is 5.69 Å². The van der Waals surface area contributed by atoms with Gasteiger partial charge in [-0.1, -0.05) is 18.2 Å². The summed E-state index contributed by atoms with van der Waals surface area (Å²) in [4.78, 5) is 12.6. The molecular weight excluding hydrogens is 246 g/mol. The second-order valence-corrected chi connectivity index (χ2v) is 5.22. The number of nitrogen functional groups attached to an aromatic ring is 1. The predicted octanol–water partition coefficient (Wildman–Crippen LogP) is 1.87. The number of nitrogens with two attached hydrogens (primary N) is 2. The fourth-order valence-electron chi connectivity index (χ4n) is 1.83. The molecule has 0 aliphatic rings. The highest BCUT2D eigenvalue weighted by Gasteiger charge is 2.16. The van der Waals surface area contributed by atoms with E-state index in [9.17, 15) is 4.79 Å². The quantitative estimate of drug-likeness (QED) is 0.737. The highest BCUT2D eigenvalue weighted by molar-refractivity contribution is 7.21. The molecule has 0 unspecified atom stereocenters. The molecule has 5 heteroatoms. The maximum Gasteiger partial charge on any atom is 0.263 e. The third kappa shape index (κ3) is 2.32. The van der Waals surface area contributed by atoms with Crippen LogP contribution in [0, 0.1) is 6.92 Å². The van der Waals surface area contributed by atoms with Crippen molar-refractivity contribution in [2.75, 3.05) is 18.8 Å². The van der Waals surface area contributed by atoms with E-state index in [-0.39, 0.29) is 5.91 Å². The lowest BCUT2D eigenvalue weighted by molar-refractivity contribution is 0.0958. The topological polar surface area (TPSA) is 81.1 Å². The lowest BCUT2D eigenvalue weighted by atomic mass is 10.1. The summed E-state index contributed by atoms with van der Waals surface area (Å²) in [6.07, 6.45) is 0.773. The van der Waals surface area contributed by atoms with E-state index in [0.29, 0.717) is 23.7 Å². The van der Waals surface area contributed by atoms with Crippen LogP contribution >= 0.6 is 11.3 Å². The molecule has 1 amide bonds. The summed E-state index contributed by atoms with van der Waals surface area (Å²) >= 11 is 1.45. The molecule has 0 fully saturated rings. The molecule has 96 valence electrons. The summed E-state index contributed by atoms with van der Waals surface area (Å²) in [5.74, 6) is -0.110. The Balaban J connectivity index is 2.31. The van der Waals surface area contributed by atoms with Crippen molar-refractivity contribution in [3.05, 3.63) is 28.6 Å². The molecule has 2 rings (SSSR count). The highest BCUT2D eigenvalue weighted by atomic mass is 32.1. The van der Waals surface area contributed by atoms with Crippen LogP contribution in [0.25, 0.3) is 10.1 Å². The third-order valence-electron chi connectivity index (χ3n) is 2.82.